The molecule has 2 rings (SSSR count). The number of anilines is 1. The van der Waals surface area contributed by atoms with Gasteiger partial charge in [-0.05, 0) is 48.7 Å². The first-order chi connectivity index (χ1) is 9.47. The van der Waals surface area contributed by atoms with Gasteiger partial charge in [0.1, 0.15) is 5.69 Å². The topological polar surface area (TPSA) is 69.2 Å². The highest BCUT2D eigenvalue weighted by Gasteiger charge is 2.11. The number of rotatable bonds is 4. The fourth-order valence-corrected chi connectivity index (χ4v) is 2.74. The molecule has 0 aliphatic rings. The Labute approximate surface area is 122 Å². The van der Waals surface area contributed by atoms with Crippen molar-refractivity contribution in [3.8, 4) is 0 Å². The van der Waals surface area contributed by atoms with E-state index < -0.39 is 4.92 Å². The molecule has 0 unspecified atom stereocenters. The van der Waals surface area contributed by atoms with Crippen molar-refractivity contribution in [2.75, 3.05) is 5.73 Å². The Hall–Kier alpha value is -2.01. The summed E-state index contributed by atoms with van der Waals surface area (Å²) in [5.74, 6) is 0.684. The number of nitro benzene ring substituents is 1. The van der Waals surface area contributed by atoms with Crippen LogP contribution in [0.3, 0.4) is 0 Å². The SMILES string of the molecule is Cc1ccc(SCc2ccc(N)c([N+](=O)[O-])c2)cc1C. The highest BCUT2D eigenvalue weighted by molar-refractivity contribution is 7.98. The molecule has 0 saturated carbocycles. The molecule has 5 heteroatoms. The molecule has 0 aliphatic carbocycles. The Bertz CT molecular complexity index is 656. The molecule has 2 N–H and O–H groups in total. The van der Waals surface area contributed by atoms with Crippen molar-refractivity contribution in [2.45, 2.75) is 24.5 Å². The lowest BCUT2D eigenvalue weighted by Gasteiger charge is -2.06. The fraction of sp³-hybridized carbons (Fsp3) is 0.200. The second kappa shape index (κ2) is 5.96. The van der Waals surface area contributed by atoms with Gasteiger partial charge in [0.25, 0.3) is 5.69 Å². The minimum atomic E-state index is -0.445. The zero-order valence-corrected chi connectivity index (χ0v) is 12.2. The maximum absolute atomic E-state index is 10.8. The van der Waals surface area contributed by atoms with Gasteiger partial charge in [0.15, 0.2) is 0 Å². The van der Waals surface area contributed by atoms with Gasteiger partial charge in [-0.2, -0.15) is 0 Å². The zero-order chi connectivity index (χ0) is 14.7. The van der Waals surface area contributed by atoms with Crippen LogP contribution in [0.2, 0.25) is 0 Å². The molecule has 0 atom stereocenters. The van der Waals surface area contributed by atoms with Crippen LogP contribution in [-0.2, 0) is 5.75 Å². The molecular weight excluding hydrogens is 272 g/mol. The molecule has 0 aliphatic heterocycles. The van der Waals surface area contributed by atoms with Gasteiger partial charge in [0.2, 0.25) is 0 Å². The summed E-state index contributed by atoms with van der Waals surface area (Å²) in [6.45, 7) is 4.15. The van der Waals surface area contributed by atoms with Gasteiger partial charge in [0.05, 0.1) is 4.92 Å². The van der Waals surface area contributed by atoms with Crippen LogP contribution >= 0.6 is 11.8 Å². The van der Waals surface area contributed by atoms with E-state index in [2.05, 4.69) is 32.0 Å². The standard InChI is InChI=1S/C15H16N2O2S/c1-10-3-5-13(7-11(10)2)20-9-12-4-6-14(16)15(8-12)17(18)19/h3-8H,9,16H2,1-2H3. The van der Waals surface area contributed by atoms with Crippen LogP contribution in [0.25, 0.3) is 0 Å². The lowest BCUT2D eigenvalue weighted by Crippen LogP contribution is -1.96. The predicted molar refractivity (Wildman–Crippen MR) is 83.0 cm³/mol. The van der Waals surface area contributed by atoms with E-state index in [1.165, 1.54) is 11.1 Å². The number of nitrogens with two attached hydrogens (primary N) is 1. The minimum Gasteiger partial charge on any atom is -0.393 e. The molecule has 0 bridgehead atoms. The van der Waals surface area contributed by atoms with E-state index in [1.807, 2.05) is 6.07 Å². The minimum absolute atomic E-state index is 0.0248. The van der Waals surface area contributed by atoms with E-state index >= 15 is 0 Å². The summed E-state index contributed by atoms with van der Waals surface area (Å²) < 4.78 is 0. The van der Waals surface area contributed by atoms with Crippen molar-refractivity contribution in [3.63, 3.8) is 0 Å². The van der Waals surface area contributed by atoms with Gasteiger partial charge in [0, 0.05) is 16.7 Å². The first-order valence-corrected chi connectivity index (χ1v) is 7.19. The molecule has 104 valence electrons. The van der Waals surface area contributed by atoms with E-state index in [4.69, 9.17) is 5.73 Å². The molecule has 0 radical (unpaired) electrons. The molecule has 0 saturated heterocycles. The van der Waals surface area contributed by atoms with Crippen molar-refractivity contribution < 1.29 is 4.92 Å². The van der Waals surface area contributed by atoms with E-state index in [1.54, 1.807) is 23.9 Å². The van der Waals surface area contributed by atoms with Crippen LogP contribution in [0, 0.1) is 24.0 Å². The van der Waals surface area contributed by atoms with Crippen LogP contribution in [0.15, 0.2) is 41.3 Å². The molecule has 2 aromatic rings. The van der Waals surface area contributed by atoms with Gasteiger partial charge in [-0.25, -0.2) is 0 Å². The van der Waals surface area contributed by atoms with Crippen molar-refractivity contribution in [1.82, 2.24) is 0 Å². The molecule has 0 aromatic heterocycles. The van der Waals surface area contributed by atoms with Crippen LogP contribution < -0.4 is 5.73 Å². The Kier molecular flexibility index (Phi) is 4.29. The highest BCUT2D eigenvalue weighted by atomic mass is 32.2. The van der Waals surface area contributed by atoms with Crippen LogP contribution in [0.5, 0.6) is 0 Å². The lowest BCUT2D eigenvalue weighted by molar-refractivity contribution is -0.383. The molecule has 2 aromatic carbocycles. The Morgan fingerprint density at radius 3 is 2.55 bits per heavy atom. The Morgan fingerprint density at radius 2 is 1.90 bits per heavy atom. The summed E-state index contributed by atoms with van der Waals surface area (Å²) in [4.78, 5) is 11.6. The van der Waals surface area contributed by atoms with Gasteiger partial charge >= 0.3 is 0 Å². The Morgan fingerprint density at radius 1 is 1.15 bits per heavy atom. The van der Waals surface area contributed by atoms with Gasteiger partial charge in [-0.1, -0.05) is 12.1 Å². The predicted octanol–water partition coefficient (Wildman–Crippen LogP) is 4.09. The number of thioether (sulfide) groups is 1. The normalized spacial score (nSPS) is 10.5. The number of nitro groups is 1. The fourth-order valence-electron chi connectivity index (χ4n) is 1.81. The van der Waals surface area contributed by atoms with E-state index in [0.29, 0.717) is 5.75 Å². The lowest BCUT2D eigenvalue weighted by atomic mass is 10.1. The molecule has 0 spiro atoms. The van der Waals surface area contributed by atoms with Crippen molar-refractivity contribution in [1.29, 1.82) is 0 Å². The van der Waals surface area contributed by atoms with E-state index in [9.17, 15) is 10.1 Å². The van der Waals surface area contributed by atoms with Crippen molar-refractivity contribution in [2.24, 2.45) is 0 Å². The summed E-state index contributed by atoms with van der Waals surface area (Å²) >= 11 is 1.66. The van der Waals surface area contributed by atoms with E-state index in [0.717, 1.165) is 10.5 Å². The largest absolute Gasteiger partial charge is 0.393 e. The average molecular weight is 288 g/mol. The van der Waals surface area contributed by atoms with Crippen LogP contribution in [0.4, 0.5) is 11.4 Å². The number of hydrogen-bond acceptors (Lipinski definition) is 4. The molecule has 0 heterocycles. The Balaban J connectivity index is 2.12. The van der Waals surface area contributed by atoms with Gasteiger partial charge in [-0.3, -0.25) is 10.1 Å². The number of aryl methyl sites for hydroxylation is 2. The molecular formula is C15H16N2O2S. The maximum Gasteiger partial charge on any atom is 0.292 e. The number of nitrogens with zero attached hydrogens (tertiary/aromatic N) is 1. The zero-order valence-electron chi connectivity index (χ0n) is 11.4. The van der Waals surface area contributed by atoms with Crippen molar-refractivity contribution >= 4 is 23.1 Å². The molecule has 20 heavy (non-hydrogen) atoms. The van der Waals surface area contributed by atoms with E-state index in [-0.39, 0.29) is 11.4 Å². The third kappa shape index (κ3) is 3.30. The first kappa shape index (κ1) is 14.4. The summed E-state index contributed by atoms with van der Waals surface area (Å²) in [6, 6.07) is 11.3. The maximum atomic E-state index is 10.8. The summed E-state index contributed by atoms with van der Waals surface area (Å²) in [7, 11) is 0. The van der Waals surface area contributed by atoms with Gasteiger partial charge < -0.3 is 5.73 Å². The van der Waals surface area contributed by atoms with Crippen molar-refractivity contribution in [3.05, 3.63) is 63.2 Å². The molecule has 4 nitrogen and oxygen atoms in total. The summed E-state index contributed by atoms with van der Waals surface area (Å²) in [5.41, 5.74) is 9.17. The summed E-state index contributed by atoms with van der Waals surface area (Å²) in [5, 5.41) is 10.8. The number of nitrogen functional groups attached to an aromatic ring is 1. The number of benzene rings is 2. The van der Waals surface area contributed by atoms with Crippen LogP contribution in [-0.4, -0.2) is 4.92 Å². The quantitative estimate of drug-likeness (QED) is 0.398. The monoisotopic (exact) mass is 288 g/mol. The highest BCUT2D eigenvalue weighted by Crippen LogP contribution is 2.28. The van der Waals surface area contributed by atoms with Gasteiger partial charge in [-0.15, -0.1) is 11.8 Å². The van der Waals surface area contributed by atoms with Crippen LogP contribution in [0.1, 0.15) is 16.7 Å². The average Bonchev–Trinajstić information content (AvgIpc) is 2.41. The summed E-state index contributed by atoms with van der Waals surface area (Å²) in [6.07, 6.45) is 0. The smallest absolute Gasteiger partial charge is 0.292 e. The third-order valence-electron chi connectivity index (χ3n) is 3.18. The first-order valence-electron chi connectivity index (χ1n) is 6.20. The molecule has 0 fully saturated rings. The second-order valence-electron chi connectivity index (χ2n) is 4.69. The second-order valence-corrected chi connectivity index (χ2v) is 5.73. The number of hydrogen-bond donors (Lipinski definition) is 1. The third-order valence-corrected chi connectivity index (χ3v) is 4.24. The molecule has 0 amide bonds.